The molecule has 0 saturated carbocycles. The predicted octanol–water partition coefficient (Wildman–Crippen LogP) is 3.51. The average Bonchev–Trinajstić information content (AvgIpc) is 2.68. The summed E-state index contributed by atoms with van der Waals surface area (Å²) in [5.74, 6) is -0.0132. The van der Waals surface area contributed by atoms with Crippen LogP contribution >= 0.6 is 12.6 Å². The zero-order valence-corrected chi connectivity index (χ0v) is 15.3. The molecule has 2 amide bonds. The van der Waals surface area contributed by atoms with Crippen molar-refractivity contribution in [3.05, 3.63) is 65.7 Å². The van der Waals surface area contributed by atoms with E-state index in [1.807, 2.05) is 53.4 Å². The molecule has 1 aliphatic heterocycles. The van der Waals surface area contributed by atoms with Crippen LogP contribution in [-0.4, -0.2) is 36.0 Å². The first kappa shape index (κ1) is 18.3. The van der Waals surface area contributed by atoms with Gasteiger partial charge in [0.25, 0.3) is 5.91 Å². The molecule has 2 aromatic rings. The van der Waals surface area contributed by atoms with Gasteiger partial charge in [-0.2, -0.15) is 0 Å². The Balaban J connectivity index is 1.44. The van der Waals surface area contributed by atoms with E-state index < -0.39 is 6.09 Å². The van der Waals surface area contributed by atoms with Crippen molar-refractivity contribution < 1.29 is 14.3 Å². The molecule has 0 unspecified atom stereocenters. The number of hydrogen-bond acceptors (Lipinski definition) is 4. The molecule has 5 nitrogen and oxygen atoms in total. The Bertz CT molecular complexity index is 759. The third-order valence-corrected chi connectivity index (χ3v) is 4.84. The maximum atomic E-state index is 12.6. The molecule has 1 N–H and O–H groups in total. The average molecular weight is 370 g/mol. The van der Waals surface area contributed by atoms with Crippen LogP contribution in [0.1, 0.15) is 28.8 Å². The molecule has 136 valence electrons. The molecule has 0 bridgehead atoms. The number of hydrogen-bond donors (Lipinski definition) is 2. The van der Waals surface area contributed by atoms with Crippen molar-refractivity contribution in [1.82, 2.24) is 10.2 Å². The number of amides is 2. The lowest BCUT2D eigenvalue weighted by Gasteiger charge is -2.32. The van der Waals surface area contributed by atoms with Gasteiger partial charge >= 0.3 is 6.09 Å². The summed E-state index contributed by atoms with van der Waals surface area (Å²) in [5, 5.41) is 2.89. The van der Waals surface area contributed by atoms with Crippen molar-refractivity contribution in [2.45, 2.75) is 30.4 Å². The number of nitrogens with one attached hydrogen (secondary N) is 1. The normalized spacial score (nSPS) is 14.7. The first-order chi connectivity index (χ1) is 12.6. The minimum atomic E-state index is -0.417. The molecule has 0 radical (unpaired) electrons. The van der Waals surface area contributed by atoms with Crippen LogP contribution in [0, 0.1) is 0 Å². The molecule has 1 fully saturated rings. The summed E-state index contributed by atoms with van der Waals surface area (Å²) in [7, 11) is 0. The van der Waals surface area contributed by atoms with Crippen LogP contribution in [0.25, 0.3) is 0 Å². The molecule has 0 spiro atoms. The molecule has 1 saturated heterocycles. The first-order valence-electron chi connectivity index (χ1n) is 8.68. The number of carbonyl (C=O) groups excluding carboxylic acids is 2. The Labute approximate surface area is 158 Å². The van der Waals surface area contributed by atoms with Gasteiger partial charge < -0.3 is 15.0 Å². The Morgan fingerprint density at radius 1 is 1.04 bits per heavy atom. The van der Waals surface area contributed by atoms with Crippen LogP contribution in [0.15, 0.2) is 59.5 Å². The van der Waals surface area contributed by atoms with E-state index in [2.05, 4.69) is 17.9 Å². The fourth-order valence-corrected chi connectivity index (χ4v) is 3.24. The van der Waals surface area contributed by atoms with Crippen molar-refractivity contribution in [3.63, 3.8) is 0 Å². The zero-order valence-electron chi connectivity index (χ0n) is 14.4. The van der Waals surface area contributed by atoms with Gasteiger partial charge in [0, 0.05) is 24.0 Å². The lowest BCUT2D eigenvalue weighted by Crippen LogP contribution is -2.46. The van der Waals surface area contributed by atoms with E-state index >= 15 is 0 Å². The van der Waals surface area contributed by atoms with Crippen molar-refractivity contribution >= 4 is 24.6 Å². The van der Waals surface area contributed by atoms with Gasteiger partial charge in [0.15, 0.2) is 0 Å². The Kier molecular flexibility index (Phi) is 6.17. The van der Waals surface area contributed by atoms with Crippen LogP contribution < -0.4 is 5.32 Å². The lowest BCUT2D eigenvalue weighted by molar-refractivity contribution is 0.0697. The monoisotopic (exact) mass is 370 g/mol. The summed E-state index contributed by atoms with van der Waals surface area (Å²) in [6.45, 7) is 1.46. The Hall–Kier alpha value is -2.47. The summed E-state index contributed by atoms with van der Waals surface area (Å²) in [5.41, 5.74) is 1.57. The predicted molar refractivity (Wildman–Crippen MR) is 102 cm³/mol. The maximum absolute atomic E-state index is 12.6. The van der Waals surface area contributed by atoms with Crippen LogP contribution in [0.5, 0.6) is 0 Å². The molecule has 1 aliphatic rings. The second kappa shape index (κ2) is 8.76. The molecule has 3 rings (SSSR count). The third kappa shape index (κ3) is 4.79. The molecular weight excluding hydrogens is 348 g/mol. The number of rotatable bonds is 4. The van der Waals surface area contributed by atoms with E-state index in [-0.39, 0.29) is 18.6 Å². The van der Waals surface area contributed by atoms with Crippen LogP contribution in [0.4, 0.5) is 4.79 Å². The molecule has 6 heteroatoms. The highest BCUT2D eigenvalue weighted by atomic mass is 32.1. The zero-order chi connectivity index (χ0) is 18.4. The van der Waals surface area contributed by atoms with Gasteiger partial charge in [-0.05, 0) is 30.5 Å². The number of ether oxygens (including phenoxy) is 1. The minimum Gasteiger partial charge on any atom is -0.445 e. The van der Waals surface area contributed by atoms with E-state index in [1.54, 1.807) is 6.07 Å². The number of carbonyl (C=O) groups is 2. The lowest BCUT2D eigenvalue weighted by atomic mass is 10.0. The molecule has 26 heavy (non-hydrogen) atoms. The van der Waals surface area contributed by atoms with E-state index in [0.717, 1.165) is 5.56 Å². The second-order valence-electron chi connectivity index (χ2n) is 6.29. The number of piperidine rings is 1. The highest BCUT2D eigenvalue weighted by Crippen LogP contribution is 2.19. The largest absolute Gasteiger partial charge is 0.445 e. The molecule has 0 atom stereocenters. The van der Waals surface area contributed by atoms with Gasteiger partial charge in [-0.25, -0.2) is 4.79 Å². The standard InChI is InChI=1S/C20H22N2O3S/c23-19(17-8-4-5-9-18(17)26)22-12-10-16(11-13-22)21-20(24)25-14-15-6-2-1-3-7-15/h1-9,16,26H,10-14H2,(H,21,24). The number of likely N-dealkylation sites (tertiary alicyclic amines) is 1. The van der Waals surface area contributed by atoms with E-state index in [9.17, 15) is 9.59 Å². The summed E-state index contributed by atoms with van der Waals surface area (Å²) in [6.07, 6.45) is 1.00. The van der Waals surface area contributed by atoms with Crippen LogP contribution in [-0.2, 0) is 11.3 Å². The van der Waals surface area contributed by atoms with E-state index in [1.165, 1.54) is 0 Å². The van der Waals surface area contributed by atoms with Gasteiger partial charge in [0.05, 0.1) is 5.56 Å². The van der Waals surface area contributed by atoms with E-state index in [0.29, 0.717) is 36.4 Å². The summed E-state index contributed by atoms with van der Waals surface area (Å²) >= 11 is 4.35. The van der Waals surface area contributed by atoms with Gasteiger partial charge in [0.2, 0.25) is 0 Å². The highest BCUT2D eigenvalue weighted by molar-refractivity contribution is 7.80. The summed E-state index contributed by atoms with van der Waals surface area (Å²) in [6, 6.07) is 16.9. The third-order valence-electron chi connectivity index (χ3n) is 4.45. The molecule has 0 aliphatic carbocycles. The van der Waals surface area contributed by atoms with Gasteiger partial charge in [-0.1, -0.05) is 42.5 Å². The van der Waals surface area contributed by atoms with Gasteiger partial charge in [-0.3, -0.25) is 4.79 Å². The van der Waals surface area contributed by atoms with Crippen molar-refractivity contribution in [1.29, 1.82) is 0 Å². The molecule has 2 aromatic carbocycles. The number of alkyl carbamates (subject to hydrolysis) is 1. The highest BCUT2D eigenvalue weighted by Gasteiger charge is 2.25. The van der Waals surface area contributed by atoms with Gasteiger partial charge in [0.1, 0.15) is 6.61 Å². The van der Waals surface area contributed by atoms with Crippen molar-refractivity contribution in [3.8, 4) is 0 Å². The minimum absolute atomic E-state index is 0.0132. The van der Waals surface area contributed by atoms with E-state index in [4.69, 9.17) is 4.74 Å². The van der Waals surface area contributed by atoms with Crippen molar-refractivity contribution in [2.75, 3.05) is 13.1 Å². The fourth-order valence-electron chi connectivity index (χ4n) is 2.98. The maximum Gasteiger partial charge on any atom is 0.407 e. The van der Waals surface area contributed by atoms with Crippen LogP contribution in [0.2, 0.25) is 0 Å². The number of benzene rings is 2. The Morgan fingerprint density at radius 2 is 1.69 bits per heavy atom. The second-order valence-corrected chi connectivity index (χ2v) is 6.77. The SMILES string of the molecule is O=C(NC1CCN(C(=O)c2ccccc2S)CC1)OCc1ccccc1. The molecular formula is C20H22N2O3S. The smallest absolute Gasteiger partial charge is 0.407 e. The fraction of sp³-hybridized carbons (Fsp3) is 0.300. The number of thiol groups is 1. The van der Waals surface area contributed by atoms with Crippen molar-refractivity contribution in [2.24, 2.45) is 0 Å². The first-order valence-corrected chi connectivity index (χ1v) is 9.12. The quantitative estimate of drug-likeness (QED) is 0.810. The molecule has 0 aromatic heterocycles. The Morgan fingerprint density at radius 3 is 2.38 bits per heavy atom. The summed E-state index contributed by atoms with van der Waals surface area (Å²) < 4.78 is 5.25. The topological polar surface area (TPSA) is 58.6 Å². The molecule has 1 heterocycles. The number of nitrogens with zero attached hydrogens (tertiary/aromatic N) is 1. The van der Waals surface area contributed by atoms with Gasteiger partial charge in [-0.15, -0.1) is 12.6 Å². The summed E-state index contributed by atoms with van der Waals surface area (Å²) in [4.78, 5) is 27.0. The van der Waals surface area contributed by atoms with Crippen LogP contribution in [0.3, 0.4) is 0 Å².